The molecule has 3 N–H and O–H groups in total. The number of hydrogen-bond donors (Lipinski definition) is 2. The second-order valence-corrected chi connectivity index (χ2v) is 6.36. The van der Waals surface area contributed by atoms with Crippen molar-refractivity contribution in [3.8, 4) is 0 Å². The van der Waals surface area contributed by atoms with E-state index >= 15 is 0 Å². The molecule has 4 heteroatoms. The lowest BCUT2D eigenvalue weighted by Crippen LogP contribution is -2.43. The maximum atomic E-state index is 6.24. The lowest BCUT2D eigenvalue weighted by molar-refractivity contribution is 0.471. The number of rotatable bonds is 3. The lowest BCUT2D eigenvalue weighted by Gasteiger charge is -2.31. The second kappa shape index (κ2) is 5.23. The number of nitrogens with two attached hydrogens (primary N) is 1. The zero-order valence-corrected chi connectivity index (χ0v) is 12.5. The molecule has 20 heavy (non-hydrogen) atoms. The molecule has 1 aliphatic carbocycles. The molecule has 1 aromatic heterocycles. The topological polar surface area (TPSA) is 50.9 Å². The van der Waals surface area contributed by atoms with E-state index in [0.717, 1.165) is 40.4 Å². The first-order valence-corrected chi connectivity index (χ1v) is 7.53. The molecule has 2 aromatic rings. The highest BCUT2D eigenvalue weighted by Gasteiger charge is 2.36. The smallest absolute Gasteiger partial charge is 0.0948 e. The predicted molar refractivity (Wildman–Crippen MR) is 85.2 cm³/mol. The maximum absolute atomic E-state index is 6.24. The molecule has 1 aromatic carbocycles. The third kappa shape index (κ3) is 2.36. The molecule has 0 spiro atoms. The number of nitrogens with zero attached hydrogens (tertiary/aromatic N) is 1. The van der Waals surface area contributed by atoms with Crippen molar-refractivity contribution in [1.82, 2.24) is 4.98 Å². The summed E-state index contributed by atoms with van der Waals surface area (Å²) in [6.45, 7) is 2.94. The summed E-state index contributed by atoms with van der Waals surface area (Å²) < 4.78 is 0. The van der Waals surface area contributed by atoms with Crippen molar-refractivity contribution in [2.75, 3.05) is 11.9 Å². The van der Waals surface area contributed by atoms with Gasteiger partial charge in [-0.2, -0.15) is 0 Å². The van der Waals surface area contributed by atoms with Gasteiger partial charge < -0.3 is 11.1 Å². The molecular weight excluding hydrogens is 270 g/mol. The predicted octanol–water partition coefficient (Wildman–Crippen LogP) is 3.82. The molecule has 0 bridgehead atoms. The van der Waals surface area contributed by atoms with Gasteiger partial charge in [-0.3, -0.25) is 4.98 Å². The maximum Gasteiger partial charge on any atom is 0.0948 e. The molecule has 3 rings (SSSR count). The van der Waals surface area contributed by atoms with E-state index in [-0.39, 0.29) is 5.54 Å². The monoisotopic (exact) mass is 289 g/mol. The molecule has 1 heterocycles. The van der Waals surface area contributed by atoms with Crippen LogP contribution in [0.2, 0.25) is 5.02 Å². The van der Waals surface area contributed by atoms with Crippen molar-refractivity contribution in [2.45, 2.75) is 31.7 Å². The van der Waals surface area contributed by atoms with Crippen LogP contribution in [-0.2, 0) is 0 Å². The fourth-order valence-electron chi connectivity index (χ4n) is 3.27. The minimum absolute atomic E-state index is 0.00228. The first kappa shape index (κ1) is 13.7. The Balaban J connectivity index is 2.01. The molecule has 106 valence electrons. The van der Waals surface area contributed by atoms with E-state index in [0.29, 0.717) is 6.54 Å². The van der Waals surface area contributed by atoms with Crippen LogP contribution in [0.4, 0.5) is 5.69 Å². The third-order valence-electron chi connectivity index (χ3n) is 4.36. The molecule has 1 saturated carbocycles. The molecule has 0 aliphatic heterocycles. The van der Waals surface area contributed by atoms with Crippen molar-refractivity contribution >= 4 is 28.2 Å². The minimum atomic E-state index is -0.00228. The van der Waals surface area contributed by atoms with Gasteiger partial charge in [0.15, 0.2) is 0 Å². The summed E-state index contributed by atoms with van der Waals surface area (Å²) in [5.74, 6) is 0.720. The van der Waals surface area contributed by atoms with Crippen molar-refractivity contribution in [3.05, 3.63) is 35.5 Å². The summed E-state index contributed by atoms with van der Waals surface area (Å²) in [5, 5.41) is 5.38. The largest absolute Gasteiger partial charge is 0.377 e. The van der Waals surface area contributed by atoms with E-state index in [4.69, 9.17) is 17.3 Å². The zero-order chi connectivity index (χ0) is 14.2. The molecule has 0 radical (unpaired) electrons. The lowest BCUT2D eigenvalue weighted by atomic mass is 9.95. The van der Waals surface area contributed by atoms with Crippen molar-refractivity contribution in [1.29, 1.82) is 0 Å². The van der Waals surface area contributed by atoms with E-state index in [1.165, 1.54) is 6.42 Å². The van der Waals surface area contributed by atoms with Gasteiger partial charge in [-0.25, -0.2) is 0 Å². The molecule has 0 saturated heterocycles. The van der Waals surface area contributed by atoms with Crippen LogP contribution in [0.25, 0.3) is 10.9 Å². The number of nitrogens with one attached hydrogen (secondary N) is 1. The summed E-state index contributed by atoms with van der Waals surface area (Å²) in [6, 6.07) is 7.85. The SMILES string of the molecule is CC1CCC(CN)(Nc2ccc(Cl)c3cccnc23)C1. The Bertz CT molecular complexity index is 628. The third-order valence-corrected chi connectivity index (χ3v) is 4.69. The van der Waals surface area contributed by atoms with Crippen LogP contribution in [0.1, 0.15) is 26.2 Å². The average Bonchev–Trinajstić information content (AvgIpc) is 2.84. The number of benzene rings is 1. The van der Waals surface area contributed by atoms with E-state index in [1.54, 1.807) is 6.20 Å². The Morgan fingerprint density at radius 3 is 3.00 bits per heavy atom. The summed E-state index contributed by atoms with van der Waals surface area (Å²) in [4.78, 5) is 4.48. The summed E-state index contributed by atoms with van der Waals surface area (Å²) in [5.41, 5.74) is 8.00. The van der Waals surface area contributed by atoms with E-state index in [9.17, 15) is 0 Å². The number of pyridine rings is 1. The normalized spacial score (nSPS) is 26.1. The van der Waals surface area contributed by atoms with Gasteiger partial charge in [0, 0.05) is 23.7 Å². The van der Waals surface area contributed by atoms with Crippen LogP contribution < -0.4 is 11.1 Å². The van der Waals surface area contributed by atoms with Crippen molar-refractivity contribution in [3.63, 3.8) is 0 Å². The Hall–Kier alpha value is -1.32. The summed E-state index contributed by atoms with van der Waals surface area (Å²) >= 11 is 6.24. The van der Waals surface area contributed by atoms with Crippen LogP contribution >= 0.6 is 11.6 Å². The fourth-order valence-corrected chi connectivity index (χ4v) is 3.48. The van der Waals surface area contributed by atoms with E-state index < -0.39 is 0 Å². The van der Waals surface area contributed by atoms with Gasteiger partial charge in [0.25, 0.3) is 0 Å². The van der Waals surface area contributed by atoms with Crippen molar-refractivity contribution < 1.29 is 0 Å². The fraction of sp³-hybridized carbons (Fsp3) is 0.438. The first-order chi connectivity index (χ1) is 9.63. The zero-order valence-electron chi connectivity index (χ0n) is 11.7. The van der Waals surface area contributed by atoms with Gasteiger partial charge >= 0.3 is 0 Å². The van der Waals surface area contributed by atoms with Gasteiger partial charge in [-0.15, -0.1) is 0 Å². The second-order valence-electron chi connectivity index (χ2n) is 5.95. The van der Waals surface area contributed by atoms with Crippen LogP contribution in [0.5, 0.6) is 0 Å². The number of hydrogen-bond acceptors (Lipinski definition) is 3. The number of halogens is 1. The van der Waals surface area contributed by atoms with Crippen LogP contribution in [0.3, 0.4) is 0 Å². The molecule has 1 aliphatic rings. The molecular formula is C16H20ClN3. The van der Waals surface area contributed by atoms with E-state index in [2.05, 4.69) is 17.2 Å². The average molecular weight is 290 g/mol. The van der Waals surface area contributed by atoms with Gasteiger partial charge in [0.1, 0.15) is 0 Å². The molecule has 1 fully saturated rings. The minimum Gasteiger partial charge on any atom is -0.377 e. The van der Waals surface area contributed by atoms with Gasteiger partial charge in [-0.05, 0) is 49.4 Å². The highest BCUT2D eigenvalue weighted by atomic mass is 35.5. The molecule has 2 atom stereocenters. The van der Waals surface area contributed by atoms with E-state index in [1.807, 2.05) is 24.3 Å². The van der Waals surface area contributed by atoms with Gasteiger partial charge in [0.05, 0.1) is 16.2 Å². The van der Waals surface area contributed by atoms with Crippen LogP contribution in [0, 0.1) is 5.92 Å². The summed E-state index contributed by atoms with van der Waals surface area (Å²) in [6.07, 6.45) is 5.25. The number of aromatic nitrogens is 1. The van der Waals surface area contributed by atoms with Gasteiger partial charge in [-0.1, -0.05) is 18.5 Å². The highest BCUT2D eigenvalue weighted by Crippen LogP contribution is 2.38. The van der Waals surface area contributed by atoms with Crippen LogP contribution in [-0.4, -0.2) is 17.1 Å². The Morgan fingerprint density at radius 2 is 2.30 bits per heavy atom. The first-order valence-electron chi connectivity index (χ1n) is 7.15. The van der Waals surface area contributed by atoms with Gasteiger partial charge in [0.2, 0.25) is 0 Å². The molecule has 2 unspecified atom stereocenters. The summed E-state index contributed by atoms with van der Waals surface area (Å²) in [7, 11) is 0. The molecule has 3 nitrogen and oxygen atoms in total. The highest BCUT2D eigenvalue weighted by molar-refractivity contribution is 6.35. The quantitative estimate of drug-likeness (QED) is 0.903. The Kier molecular flexibility index (Phi) is 3.57. The number of anilines is 1. The Morgan fingerprint density at radius 1 is 1.45 bits per heavy atom. The standard InChI is InChI=1S/C16H20ClN3/c1-11-6-7-16(9-11,10-18)20-14-5-4-13(17)12-3-2-8-19-15(12)14/h2-5,8,11,20H,6-7,9-10,18H2,1H3. The molecule has 0 amide bonds. The van der Waals surface area contributed by atoms with Crippen LogP contribution in [0.15, 0.2) is 30.5 Å². The van der Waals surface area contributed by atoms with Crippen molar-refractivity contribution in [2.24, 2.45) is 11.7 Å². The number of fused-ring (bicyclic) bond motifs is 1. The Labute approximate surface area is 124 Å².